The van der Waals surface area contributed by atoms with Crippen LogP contribution in [-0.2, 0) is 18.3 Å². The molecule has 0 saturated heterocycles. The Labute approximate surface area is 105 Å². The van der Waals surface area contributed by atoms with Gasteiger partial charge in [0.25, 0.3) is 0 Å². The van der Waals surface area contributed by atoms with Crippen LogP contribution in [0.5, 0.6) is 0 Å². The van der Waals surface area contributed by atoms with Gasteiger partial charge < -0.3 is 0 Å². The molecule has 0 heterocycles. The first-order valence-corrected chi connectivity index (χ1v) is 21.3. The molecule has 0 radical (unpaired) electrons. The summed E-state index contributed by atoms with van der Waals surface area (Å²) < 4.78 is 16.0. The minimum atomic E-state index is -2.04. The van der Waals surface area contributed by atoms with Gasteiger partial charge in [-0.15, -0.1) is 0 Å². The summed E-state index contributed by atoms with van der Waals surface area (Å²) in [5.41, 5.74) is 0. The zero-order chi connectivity index (χ0) is 11.6. The van der Waals surface area contributed by atoms with E-state index in [4.69, 9.17) is 0 Å². The van der Waals surface area contributed by atoms with Crippen molar-refractivity contribution in [1.29, 1.82) is 0 Å². The Morgan fingerprint density at radius 3 is 1.33 bits per heavy atom. The fraction of sp³-hybridized carbons (Fsp3) is 1.00. The van der Waals surface area contributed by atoms with Crippen LogP contribution in [0.25, 0.3) is 0 Å². The van der Waals surface area contributed by atoms with Gasteiger partial charge in [0.2, 0.25) is 0 Å². The Hall–Kier alpha value is 1.29. The van der Waals surface area contributed by atoms with Crippen molar-refractivity contribution in [3.8, 4) is 0 Å². The first kappa shape index (κ1) is 16.3. The summed E-state index contributed by atoms with van der Waals surface area (Å²) in [6.45, 7) is 6.80. The van der Waals surface area contributed by atoms with Gasteiger partial charge in [-0.1, -0.05) is 0 Å². The first-order chi connectivity index (χ1) is 7.24. The van der Waals surface area contributed by atoms with Crippen molar-refractivity contribution >= 4 is 15.1 Å². The summed E-state index contributed by atoms with van der Waals surface area (Å²) in [6, 6.07) is 0. The maximum atomic E-state index is 11.7. The van der Waals surface area contributed by atoms with Gasteiger partial charge in [0.1, 0.15) is 0 Å². The average Bonchev–Trinajstić information content (AvgIpc) is 2.29. The van der Waals surface area contributed by atoms with Gasteiger partial charge in [-0.2, -0.15) is 0 Å². The number of unbranched alkanes of at least 4 members (excludes halogenated alkanes) is 3. The molecule has 0 aromatic heterocycles. The SMILES string of the molecule is CCC[CH2][Sn]([CH2]CCC)([CH2]CCC)[Mo]=[O]. The molecule has 0 spiro atoms. The second-order valence-corrected chi connectivity index (χ2v) is 33.1. The predicted molar refractivity (Wildman–Crippen MR) is 65.6 cm³/mol. The van der Waals surface area contributed by atoms with Gasteiger partial charge in [0, 0.05) is 0 Å². The van der Waals surface area contributed by atoms with E-state index >= 15 is 0 Å². The molecule has 91 valence electrons. The quantitative estimate of drug-likeness (QED) is 0.482. The summed E-state index contributed by atoms with van der Waals surface area (Å²) in [5.74, 6) is 0. The molecule has 0 saturated carbocycles. The van der Waals surface area contributed by atoms with Crippen molar-refractivity contribution < 1.29 is 18.3 Å². The zero-order valence-electron chi connectivity index (χ0n) is 10.7. The molecule has 0 aromatic rings. The molecule has 3 heteroatoms. The second-order valence-electron chi connectivity index (χ2n) is 4.58. The molecule has 0 bridgehead atoms. The summed E-state index contributed by atoms with van der Waals surface area (Å²) in [6.07, 6.45) is 7.96. The van der Waals surface area contributed by atoms with Crippen LogP contribution < -0.4 is 0 Å². The van der Waals surface area contributed by atoms with Crippen molar-refractivity contribution in [3.63, 3.8) is 0 Å². The fourth-order valence-corrected chi connectivity index (χ4v) is 24.7. The summed E-state index contributed by atoms with van der Waals surface area (Å²) in [4.78, 5) is 0. The fourth-order valence-electron chi connectivity index (χ4n) is 2.00. The zero-order valence-corrected chi connectivity index (χ0v) is 15.5. The van der Waals surface area contributed by atoms with Crippen molar-refractivity contribution in [2.45, 2.75) is 72.6 Å². The van der Waals surface area contributed by atoms with Gasteiger partial charge in [0.05, 0.1) is 0 Å². The van der Waals surface area contributed by atoms with Gasteiger partial charge in [-0.3, -0.25) is 0 Å². The Morgan fingerprint density at radius 2 is 1.13 bits per heavy atom. The summed E-state index contributed by atoms with van der Waals surface area (Å²) >= 11 is -2.84. The molecule has 0 fully saturated rings. The van der Waals surface area contributed by atoms with E-state index in [-0.39, 0.29) is 0 Å². The molecule has 0 N–H and O–H groups in total. The van der Waals surface area contributed by atoms with E-state index in [1.54, 1.807) is 0 Å². The molecular formula is C12H27MoOSn. The minimum absolute atomic E-state index is 0.801. The van der Waals surface area contributed by atoms with E-state index in [1.807, 2.05) is 0 Å². The van der Waals surface area contributed by atoms with Crippen LogP contribution in [0.1, 0.15) is 59.3 Å². The number of hydrogen-bond acceptors (Lipinski definition) is 1. The van der Waals surface area contributed by atoms with Gasteiger partial charge >= 0.3 is 106 Å². The van der Waals surface area contributed by atoms with Crippen LogP contribution in [0.3, 0.4) is 0 Å². The Bertz CT molecular complexity index is 140. The Balaban J connectivity index is 4.23. The summed E-state index contributed by atoms with van der Waals surface area (Å²) in [5, 5.41) is 0. The molecule has 0 unspecified atom stereocenters. The molecule has 1 nitrogen and oxygen atoms in total. The van der Waals surface area contributed by atoms with Crippen LogP contribution >= 0.6 is 0 Å². The Kier molecular flexibility index (Phi) is 11.3. The number of rotatable bonds is 10. The molecule has 0 aromatic carbocycles. The molecule has 0 aliphatic rings. The van der Waals surface area contributed by atoms with E-state index in [0.717, 1.165) is 0 Å². The molecule has 0 amide bonds. The third-order valence-electron chi connectivity index (χ3n) is 3.13. The van der Waals surface area contributed by atoms with Gasteiger partial charge in [0.15, 0.2) is 0 Å². The molecule has 0 rings (SSSR count). The van der Waals surface area contributed by atoms with Crippen LogP contribution in [0.2, 0.25) is 13.3 Å². The number of hydrogen-bond donors (Lipinski definition) is 0. The van der Waals surface area contributed by atoms with Gasteiger partial charge in [-0.25, -0.2) is 0 Å². The van der Waals surface area contributed by atoms with E-state index < -0.39 is 30.0 Å². The predicted octanol–water partition coefficient (Wildman–Crippen LogP) is 4.76. The maximum absolute atomic E-state index is 11.7. The monoisotopic (exact) mass is 405 g/mol. The normalized spacial score (nSPS) is 11.7. The molecule has 15 heavy (non-hydrogen) atoms. The van der Waals surface area contributed by atoms with Crippen LogP contribution in [0.4, 0.5) is 0 Å². The molecule has 0 aliphatic heterocycles. The van der Waals surface area contributed by atoms with E-state index in [1.165, 1.54) is 51.8 Å². The Morgan fingerprint density at radius 1 is 0.800 bits per heavy atom. The third kappa shape index (κ3) is 7.26. The topological polar surface area (TPSA) is 17.1 Å². The van der Waals surface area contributed by atoms with Crippen molar-refractivity contribution in [3.05, 3.63) is 0 Å². The van der Waals surface area contributed by atoms with E-state index in [9.17, 15) is 3.40 Å². The van der Waals surface area contributed by atoms with Crippen molar-refractivity contribution in [2.75, 3.05) is 0 Å². The van der Waals surface area contributed by atoms with E-state index in [2.05, 4.69) is 20.8 Å². The molecule has 0 atom stereocenters. The van der Waals surface area contributed by atoms with Crippen molar-refractivity contribution in [1.82, 2.24) is 0 Å². The van der Waals surface area contributed by atoms with Crippen LogP contribution in [-0.4, -0.2) is 15.1 Å². The molecular weight excluding hydrogens is 375 g/mol. The van der Waals surface area contributed by atoms with Crippen molar-refractivity contribution in [2.24, 2.45) is 0 Å². The third-order valence-corrected chi connectivity index (χ3v) is 30.9. The van der Waals surface area contributed by atoms with Gasteiger partial charge in [-0.05, 0) is 0 Å². The average molecular weight is 402 g/mol. The molecule has 0 aliphatic carbocycles. The standard InChI is InChI=1S/3C4H9.Mo.O.Sn/c3*1-3-4-2;;;/h3*1,3-4H2,2H3;;;. The van der Waals surface area contributed by atoms with Crippen LogP contribution in [0, 0.1) is 0 Å². The van der Waals surface area contributed by atoms with Crippen LogP contribution in [0.15, 0.2) is 0 Å². The second kappa shape index (κ2) is 10.4. The summed E-state index contributed by atoms with van der Waals surface area (Å²) in [7, 11) is 0. The van der Waals surface area contributed by atoms with E-state index in [0.29, 0.717) is 0 Å². The first-order valence-electron chi connectivity index (χ1n) is 6.55.